The smallest absolute Gasteiger partial charge is 0.243 e. The summed E-state index contributed by atoms with van der Waals surface area (Å²) in [6.07, 6.45) is 2.74. The summed E-state index contributed by atoms with van der Waals surface area (Å²) >= 11 is 0. The van der Waals surface area contributed by atoms with Gasteiger partial charge in [0.15, 0.2) is 0 Å². The molecular weight excluding hydrogens is 450 g/mol. The van der Waals surface area contributed by atoms with E-state index < -0.39 is 26.1 Å². The van der Waals surface area contributed by atoms with Crippen molar-refractivity contribution in [1.29, 1.82) is 0 Å². The number of rotatable bonds is 5. The maximum Gasteiger partial charge on any atom is 0.243 e. The lowest BCUT2D eigenvalue weighted by Crippen LogP contribution is -2.62. The van der Waals surface area contributed by atoms with Crippen LogP contribution in [-0.4, -0.2) is 75.0 Å². The second-order valence-electron chi connectivity index (χ2n) is 8.01. The van der Waals surface area contributed by atoms with Crippen molar-refractivity contribution >= 4 is 26.0 Å². The first kappa shape index (κ1) is 22.9. The van der Waals surface area contributed by atoms with Crippen molar-refractivity contribution in [2.75, 3.05) is 32.7 Å². The van der Waals surface area contributed by atoms with E-state index in [2.05, 4.69) is 0 Å². The van der Waals surface area contributed by atoms with Gasteiger partial charge in [-0.1, -0.05) is 36.4 Å². The number of hydrogen-bond acceptors (Lipinski definition) is 5. The fourth-order valence-corrected chi connectivity index (χ4v) is 7.29. The second-order valence-corrected chi connectivity index (χ2v) is 11.8. The van der Waals surface area contributed by atoms with Crippen molar-refractivity contribution in [3.63, 3.8) is 0 Å². The van der Waals surface area contributed by atoms with Crippen LogP contribution in [0.2, 0.25) is 0 Å². The monoisotopic (exact) mass is 477 g/mol. The Bertz CT molecular complexity index is 1150. The minimum absolute atomic E-state index is 0.0208. The standard InChI is InChI=1S/C22H27N3O5S2/c26-22(23-14-8-3-9-15-23)21-18-24(31(27,28)19-10-4-1-5-11-19)16-17-25(21)32(29,30)20-12-6-2-7-13-20/h1-2,4-7,10-13,21H,3,8-9,14-18H2/t21-/m1/s1. The highest BCUT2D eigenvalue weighted by molar-refractivity contribution is 7.89. The number of amides is 1. The number of piperidine rings is 1. The van der Waals surface area contributed by atoms with Crippen LogP contribution in [0.1, 0.15) is 19.3 Å². The third-order valence-corrected chi connectivity index (χ3v) is 9.78. The quantitative estimate of drug-likeness (QED) is 0.654. The maximum atomic E-state index is 13.4. The Labute approximate surface area is 189 Å². The summed E-state index contributed by atoms with van der Waals surface area (Å²) in [5.41, 5.74) is 0. The van der Waals surface area contributed by atoms with Crippen LogP contribution in [0.15, 0.2) is 70.5 Å². The lowest BCUT2D eigenvalue weighted by Gasteiger charge is -2.41. The number of carbonyl (C=O) groups excluding carboxylic acids is 1. The molecule has 172 valence electrons. The number of sulfonamides is 2. The summed E-state index contributed by atoms with van der Waals surface area (Å²) in [5.74, 6) is -0.336. The second kappa shape index (κ2) is 9.30. The van der Waals surface area contributed by atoms with Gasteiger partial charge in [0.25, 0.3) is 0 Å². The van der Waals surface area contributed by atoms with Crippen LogP contribution in [0.3, 0.4) is 0 Å². The van der Waals surface area contributed by atoms with Gasteiger partial charge in [-0.15, -0.1) is 0 Å². The van der Waals surface area contributed by atoms with E-state index in [0.717, 1.165) is 19.3 Å². The zero-order valence-electron chi connectivity index (χ0n) is 17.7. The molecule has 8 nitrogen and oxygen atoms in total. The van der Waals surface area contributed by atoms with Crippen molar-refractivity contribution in [3.05, 3.63) is 60.7 Å². The molecule has 4 rings (SSSR count). The molecule has 2 aromatic carbocycles. The van der Waals surface area contributed by atoms with Gasteiger partial charge in [-0.05, 0) is 43.5 Å². The molecule has 0 saturated carbocycles. The van der Waals surface area contributed by atoms with Gasteiger partial charge in [-0.3, -0.25) is 4.79 Å². The molecule has 32 heavy (non-hydrogen) atoms. The molecule has 2 heterocycles. The van der Waals surface area contributed by atoms with Crippen molar-refractivity contribution < 1.29 is 21.6 Å². The third kappa shape index (κ3) is 4.45. The molecule has 0 unspecified atom stereocenters. The lowest BCUT2D eigenvalue weighted by molar-refractivity contribution is -0.137. The van der Waals surface area contributed by atoms with Gasteiger partial charge in [-0.25, -0.2) is 16.8 Å². The highest BCUT2D eigenvalue weighted by Gasteiger charge is 2.44. The normalized spacial score (nSPS) is 21.4. The van der Waals surface area contributed by atoms with Gasteiger partial charge in [0.2, 0.25) is 26.0 Å². The molecule has 1 amide bonds. The predicted octanol–water partition coefficient (Wildman–Crippen LogP) is 1.76. The Morgan fingerprint density at radius 3 is 1.78 bits per heavy atom. The van der Waals surface area contributed by atoms with E-state index in [0.29, 0.717) is 13.1 Å². The minimum atomic E-state index is -3.96. The molecule has 10 heteroatoms. The van der Waals surface area contributed by atoms with Crippen molar-refractivity contribution in [2.45, 2.75) is 35.1 Å². The van der Waals surface area contributed by atoms with Gasteiger partial charge in [0.05, 0.1) is 9.79 Å². The summed E-state index contributed by atoms with van der Waals surface area (Å²) in [6.45, 7) is 0.791. The molecule has 0 spiro atoms. The summed E-state index contributed by atoms with van der Waals surface area (Å²) < 4.78 is 55.6. The molecule has 0 bridgehead atoms. The minimum Gasteiger partial charge on any atom is -0.341 e. The zero-order valence-corrected chi connectivity index (χ0v) is 19.3. The molecule has 2 fully saturated rings. The van der Waals surface area contributed by atoms with Crippen molar-refractivity contribution in [1.82, 2.24) is 13.5 Å². The first-order valence-electron chi connectivity index (χ1n) is 10.7. The van der Waals surface area contributed by atoms with Crippen LogP contribution in [0.25, 0.3) is 0 Å². The Balaban J connectivity index is 1.68. The van der Waals surface area contributed by atoms with Gasteiger partial charge >= 0.3 is 0 Å². The van der Waals surface area contributed by atoms with Crippen LogP contribution in [0, 0.1) is 0 Å². The Kier molecular flexibility index (Phi) is 6.66. The molecule has 2 aliphatic rings. The number of likely N-dealkylation sites (tertiary alicyclic amines) is 1. The zero-order chi connectivity index (χ0) is 22.8. The molecule has 0 N–H and O–H groups in total. The SMILES string of the molecule is O=C([C@H]1CN(S(=O)(=O)c2ccccc2)CCN1S(=O)(=O)c1ccccc1)N1CCCCC1. The molecular formula is C22H27N3O5S2. The molecule has 2 saturated heterocycles. The van der Waals surface area contributed by atoms with Gasteiger partial charge < -0.3 is 4.90 Å². The summed E-state index contributed by atoms with van der Waals surface area (Å²) in [5, 5.41) is 0. The molecule has 1 atom stereocenters. The first-order valence-corrected chi connectivity index (χ1v) is 13.6. The fraction of sp³-hybridized carbons (Fsp3) is 0.409. The van der Waals surface area contributed by atoms with Crippen molar-refractivity contribution in [3.8, 4) is 0 Å². The molecule has 2 aliphatic heterocycles. The van der Waals surface area contributed by atoms with Crippen LogP contribution >= 0.6 is 0 Å². The average Bonchev–Trinajstić information content (AvgIpc) is 2.85. The average molecular weight is 478 g/mol. The van der Waals surface area contributed by atoms with Crippen LogP contribution < -0.4 is 0 Å². The number of carbonyl (C=O) groups is 1. The van der Waals surface area contributed by atoms with Crippen molar-refractivity contribution in [2.24, 2.45) is 0 Å². The Morgan fingerprint density at radius 1 is 0.688 bits per heavy atom. The third-order valence-electron chi connectivity index (χ3n) is 5.98. The number of nitrogens with zero attached hydrogens (tertiary/aromatic N) is 3. The van der Waals surface area contributed by atoms with E-state index in [9.17, 15) is 21.6 Å². The van der Waals surface area contributed by atoms with E-state index in [4.69, 9.17) is 0 Å². The van der Waals surface area contributed by atoms with E-state index in [1.54, 1.807) is 41.3 Å². The van der Waals surface area contributed by atoms with Gasteiger partial charge in [0.1, 0.15) is 6.04 Å². The maximum absolute atomic E-state index is 13.4. The fourth-order valence-electron chi connectivity index (χ4n) is 4.24. The van der Waals surface area contributed by atoms with Crippen LogP contribution in [0.4, 0.5) is 0 Å². The summed E-state index contributed by atoms with van der Waals surface area (Å²) in [6, 6.07) is 14.9. The van der Waals surface area contributed by atoms with E-state index >= 15 is 0 Å². The highest BCUT2D eigenvalue weighted by Crippen LogP contribution is 2.27. The van der Waals surface area contributed by atoms with Gasteiger partial charge in [0, 0.05) is 32.7 Å². The van der Waals surface area contributed by atoms with Crippen LogP contribution in [-0.2, 0) is 24.8 Å². The molecule has 2 aromatic rings. The molecule has 0 aromatic heterocycles. The topological polar surface area (TPSA) is 95.1 Å². The Morgan fingerprint density at radius 2 is 1.22 bits per heavy atom. The summed E-state index contributed by atoms with van der Waals surface area (Å²) in [7, 11) is -7.82. The van der Waals surface area contributed by atoms with Gasteiger partial charge in [-0.2, -0.15) is 8.61 Å². The molecule has 0 radical (unpaired) electrons. The highest BCUT2D eigenvalue weighted by atomic mass is 32.2. The molecule has 0 aliphatic carbocycles. The van der Waals surface area contributed by atoms with E-state index in [-0.39, 0.29) is 35.3 Å². The lowest BCUT2D eigenvalue weighted by atomic mass is 10.1. The number of hydrogen-bond donors (Lipinski definition) is 0. The van der Waals surface area contributed by atoms with E-state index in [1.165, 1.54) is 32.9 Å². The number of piperazine rings is 1. The first-order chi connectivity index (χ1) is 15.3. The Hall–Kier alpha value is -2.27. The predicted molar refractivity (Wildman–Crippen MR) is 120 cm³/mol. The largest absolute Gasteiger partial charge is 0.341 e. The summed E-state index contributed by atoms with van der Waals surface area (Å²) in [4.78, 5) is 15.3. The van der Waals surface area contributed by atoms with Crippen LogP contribution in [0.5, 0.6) is 0 Å². The number of benzene rings is 2. The van der Waals surface area contributed by atoms with E-state index in [1.807, 2.05) is 0 Å².